The maximum atomic E-state index is 12.8. The fourth-order valence-corrected chi connectivity index (χ4v) is 1.43. The Morgan fingerprint density at radius 2 is 2.19 bits per heavy atom. The lowest BCUT2D eigenvalue weighted by molar-refractivity contribution is -0.142. The van der Waals surface area contributed by atoms with Crippen LogP contribution in [0.2, 0.25) is 0 Å². The molecule has 1 aliphatic rings. The van der Waals surface area contributed by atoms with Crippen LogP contribution < -0.4 is 5.73 Å². The van der Waals surface area contributed by atoms with Crippen LogP contribution in [0.5, 0.6) is 0 Å². The number of carbonyl (C=O) groups is 2. The number of aliphatic hydroxyl groups is 1. The zero-order valence-corrected chi connectivity index (χ0v) is 8.36. The van der Waals surface area contributed by atoms with E-state index in [1.165, 1.54) is 0 Å². The molecule has 1 rings (SSSR count). The number of nitrogens with zero attached hydrogens (tertiary/aromatic N) is 1. The number of primary amides is 1. The van der Waals surface area contributed by atoms with E-state index in [1.807, 2.05) is 0 Å². The Hall–Kier alpha value is -1.44. The van der Waals surface area contributed by atoms with Crippen LogP contribution in [0.3, 0.4) is 0 Å². The van der Waals surface area contributed by atoms with Gasteiger partial charge in [0.05, 0.1) is 13.2 Å². The van der Waals surface area contributed by atoms with Gasteiger partial charge in [0.15, 0.2) is 0 Å². The molecular formula is C8H12F2N2O4. The van der Waals surface area contributed by atoms with E-state index in [9.17, 15) is 18.4 Å². The molecule has 0 aromatic rings. The monoisotopic (exact) mass is 238 g/mol. The van der Waals surface area contributed by atoms with Crippen molar-refractivity contribution in [1.82, 2.24) is 4.90 Å². The summed E-state index contributed by atoms with van der Waals surface area (Å²) < 4.78 is 29.9. The molecule has 0 bridgehead atoms. The third kappa shape index (κ3) is 3.02. The molecule has 6 nitrogen and oxygen atoms in total. The number of nitrogens with two attached hydrogens (primary N) is 1. The quantitative estimate of drug-likeness (QED) is 0.680. The lowest BCUT2D eigenvalue weighted by Crippen LogP contribution is -2.43. The summed E-state index contributed by atoms with van der Waals surface area (Å²) in [5, 5.41) is 8.77. The summed E-state index contributed by atoms with van der Waals surface area (Å²) in [6.45, 7) is -1.65. The van der Waals surface area contributed by atoms with Gasteiger partial charge in [0.2, 0.25) is 6.10 Å². The van der Waals surface area contributed by atoms with Crippen LogP contribution in [0.15, 0.2) is 0 Å². The molecule has 0 radical (unpaired) electrons. The number of amides is 2. The Bertz CT molecular complexity index is 298. The van der Waals surface area contributed by atoms with Crippen molar-refractivity contribution in [2.24, 2.45) is 5.73 Å². The van der Waals surface area contributed by atoms with Gasteiger partial charge in [-0.2, -0.15) is 0 Å². The average molecular weight is 238 g/mol. The standard InChI is InChI=1S/C8H12F2N2O4/c9-8(10)1-2-12(4-8)6(14)5(3-13)16-7(11)15/h5,13H,1-4H2,(H2,11,15). The van der Waals surface area contributed by atoms with Gasteiger partial charge in [-0.1, -0.05) is 0 Å². The van der Waals surface area contributed by atoms with E-state index in [0.29, 0.717) is 0 Å². The van der Waals surface area contributed by atoms with Crippen LogP contribution in [0.25, 0.3) is 0 Å². The zero-order valence-electron chi connectivity index (χ0n) is 8.36. The number of aliphatic hydroxyl groups excluding tert-OH is 1. The summed E-state index contributed by atoms with van der Waals surface area (Å²) in [5.41, 5.74) is 4.67. The Morgan fingerprint density at radius 1 is 1.56 bits per heavy atom. The van der Waals surface area contributed by atoms with Gasteiger partial charge in [0.1, 0.15) is 0 Å². The number of rotatable bonds is 3. The van der Waals surface area contributed by atoms with Gasteiger partial charge in [0, 0.05) is 13.0 Å². The van der Waals surface area contributed by atoms with Gasteiger partial charge in [-0.05, 0) is 0 Å². The van der Waals surface area contributed by atoms with Crippen LogP contribution in [-0.4, -0.2) is 53.7 Å². The Kier molecular flexibility index (Phi) is 3.63. The highest BCUT2D eigenvalue weighted by atomic mass is 19.3. The molecule has 92 valence electrons. The van der Waals surface area contributed by atoms with E-state index in [2.05, 4.69) is 10.5 Å². The van der Waals surface area contributed by atoms with Gasteiger partial charge >= 0.3 is 6.09 Å². The number of carbonyl (C=O) groups excluding carboxylic acids is 2. The minimum atomic E-state index is -2.93. The average Bonchev–Trinajstić information content (AvgIpc) is 2.54. The molecule has 0 aromatic carbocycles. The second kappa shape index (κ2) is 4.60. The summed E-state index contributed by atoms with van der Waals surface area (Å²) in [7, 11) is 0. The van der Waals surface area contributed by atoms with Gasteiger partial charge < -0.3 is 20.5 Å². The van der Waals surface area contributed by atoms with Crippen LogP contribution >= 0.6 is 0 Å². The molecular weight excluding hydrogens is 226 g/mol. The van der Waals surface area contributed by atoms with Crippen molar-refractivity contribution in [1.29, 1.82) is 0 Å². The van der Waals surface area contributed by atoms with E-state index in [-0.39, 0.29) is 6.54 Å². The van der Waals surface area contributed by atoms with Gasteiger partial charge in [-0.15, -0.1) is 0 Å². The lowest BCUT2D eigenvalue weighted by atomic mass is 10.3. The van der Waals surface area contributed by atoms with Crippen molar-refractivity contribution in [2.45, 2.75) is 18.4 Å². The second-order valence-electron chi connectivity index (χ2n) is 3.47. The summed E-state index contributed by atoms with van der Waals surface area (Å²) in [4.78, 5) is 22.7. The highest BCUT2D eigenvalue weighted by Crippen LogP contribution is 2.27. The molecule has 16 heavy (non-hydrogen) atoms. The summed E-state index contributed by atoms with van der Waals surface area (Å²) in [6.07, 6.45) is -3.18. The Morgan fingerprint density at radius 3 is 2.56 bits per heavy atom. The molecule has 1 atom stereocenters. The maximum absolute atomic E-state index is 12.8. The van der Waals surface area contributed by atoms with Gasteiger partial charge in [-0.3, -0.25) is 4.79 Å². The van der Waals surface area contributed by atoms with E-state index in [4.69, 9.17) is 5.11 Å². The van der Waals surface area contributed by atoms with Crippen molar-refractivity contribution in [2.75, 3.05) is 19.7 Å². The molecule has 0 aliphatic carbocycles. The smallest absolute Gasteiger partial charge is 0.405 e. The van der Waals surface area contributed by atoms with E-state index in [0.717, 1.165) is 4.90 Å². The second-order valence-corrected chi connectivity index (χ2v) is 3.47. The van der Waals surface area contributed by atoms with Crippen molar-refractivity contribution in [3.8, 4) is 0 Å². The molecule has 1 saturated heterocycles. The molecule has 1 heterocycles. The van der Waals surface area contributed by atoms with Crippen LogP contribution in [0.4, 0.5) is 13.6 Å². The fourth-order valence-electron chi connectivity index (χ4n) is 1.43. The summed E-state index contributed by atoms with van der Waals surface area (Å²) in [5.74, 6) is -3.79. The first-order valence-corrected chi connectivity index (χ1v) is 4.59. The molecule has 2 amide bonds. The van der Waals surface area contributed by atoms with Gasteiger partial charge in [0.25, 0.3) is 11.8 Å². The summed E-state index contributed by atoms with van der Waals surface area (Å²) in [6, 6.07) is 0. The third-order valence-electron chi connectivity index (χ3n) is 2.18. The summed E-state index contributed by atoms with van der Waals surface area (Å²) >= 11 is 0. The van der Waals surface area contributed by atoms with Crippen molar-refractivity contribution in [3.05, 3.63) is 0 Å². The number of ether oxygens (including phenoxy) is 1. The third-order valence-corrected chi connectivity index (χ3v) is 2.18. The topological polar surface area (TPSA) is 92.9 Å². The minimum Gasteiger partial charge on any atom is -0.434 e. The SMILES string of the molecule is NC(=O)OC(CO)C(=O)N1CCC(F)(F)C1. The Balaban J connectivity index is 2.59. The van der Waals surface area contributed by atoms with Crippen LogP contribution in [0, 0.1) is 0 Å². The van der Waals surface area contributed by atoms with Crippen molar-refractivity contribution in [3.63, 3.8) is 0 Å². The first-order valence-electron chi connectivity index (χ1n) is 4.59. The number of hydrogen-bond acceptors (Lipinski definition) is 4. The predicted molar refractivity (Wildman–Crippen MR) is 47.7 cm³/mol. The van der Waals surface area contributed by atoms with E-state index in [1.54, 1.807) is 0 Å². The molecule has 1 unspecified atom stereocenters. The minimum absolute atomic E-state index is 0.134. The van der Waals surface area contributed by atoms with E-state index < -0.39 is 43.6 Å². The molecule has 3 N–H and O–H groups in total. The molecule has 0 saturated carbocycles. The van der Waals surface area contributed by atoms with Crippen LogP contribution in [0.1, 0.15) is 6.42 Å². The molecule has 1 fully saturated rings. The zero-order chi connectivity index (χ0) is 12.3. The maximum Gasteiger partial charge on any atom is 0.405 e. The highest BCUT2D eigenvalue weighted by molar-refractivity contribution is 5.83. The number of hydrogen-bond donors (Lipinski definition) is 2. The normalized spacial score (nSPS) is 20.6. The molecule has 8 heteroatoms. The lowest BCUT2D eigenvalue weighted by Gasteiger charge is -2.21. The molecule has 1 aliphatic heterocycles. The van der Waals surface area contributed by atoms with Crippen molar-refractivity contribution >= 4 is 12.0 Å². The first-order chi connectivity index (χ1) is 7.35. The Labute approximate surface area is 89.9 Å². The highest BCUT2D eigenvalue weighted by Gasteiger charge is 2.42. The number of alkyl halides is 2. The number of likely N-dealkylation sites (tertiary alicyclic amines) is 1. The van der Waals surface area contributed by atoms with Gasteiger partial charge in [-0.25, -0.2) is 13.6 Å². The van der Waals surface area contributed by atoms with Crippen LogP contribution in [-0.2, 0) is 9.53 Å². The first kappa shape index (κ1) is 12.6. The fraction of sp³-hybridized carbons (Fsp3) is 0.750. The van der Waals surface area contributed by atoms with Crippen molar-refractivity contribution < 1.29 is 28.2 Å². The molecule has 0 aromatic heterocycles. The van der Waals surface area contributed by atoms with E-state index >= 15 is 0 Å². The number of halogens is 2. The molecule has 0 spiro atoms. The predicted octanol–water partition coefficient (Wildman–Crippen LogP) is -0.690. The largest absolute Gasteiger partial charge is 0.434 e.